The van der Waals surface area contributed by atoms with E-state index in [0.717, 1.165) is 31.4 Å². The molecule has 1 heterocycles. The number of aryl methyl sites for hydroxylation is 1. The van der Waals surface area contributed by atoms with E-state index in [0.29, 0.717) is 24.1 Å². The van der Waals surface area contributed by atoms with Gasteiger partial charge in [-0.25, -0.2) is 0 Å². The zero-order valence-electron chi connectivity index (χ0n) is 16.6. The SMILES string of the molecule is CCn1nc(CC(C)C)cc1C(=O)N[C@H](Cc1ccccc1)C1CC(O)C1. The molecule has 0 spiro atoms. The van der Waals surface area contributed by atoms with Gasteiger partial charge in [-0.3, -0.25) is 9.48 Å². The molecule has 1 fully saturated rings. The number of aliphatic hydroxyl groups is 1. The third-order valence-electron chi connectivity index (χ3n) is 5.31. The van der Waals surface area contributed by atoms with Crippen LogP contribution in [0.15, 0.2) is 36.4 Å². The summed E-state index contributed by atoms with van der Waals surface area (Å²) in [6.07, 6.45) is 2.93. The number of hydrogen-bond donors (Lipinski definition) is 2. The number of carbonyl (C=O) groups excluding carboxylic acids is 1. The van der Waals surface area contributed by atoms with Crippen molar-refractivity contribution in [1.29, 1.82) is 0 Å². The van der Waals surface area contributed by atoms with Crippen LogP contribution < -0.4 is 5.32 Å². The first-order chi connectivity index (χ1) is 13.0. The van der Waals surface area contributed by atoms with Crippen molar-refractivity contribution in [2.45, 2.75) is 65.1 Å². The summed E-state index contributed by atoms with van der Waals surface area (Å²) in [6, 6.07) is 12.2. The summed E-state index contributed by atoms with van der Waals surface area (Å²) in [5.74, 6) is 0.752. The van der Waals surface area contributed by atoms with Gasteiger partial charge in [0.25, 0.3) is 5.91 Å². The van der Waals surface area contributed by atoms with Gasteiger partial charge in [-0.15, -0.1) is 0 Å². The predicted octanol–water partition coefficient (Wildman–Crippen LogP) is 3.21. The number of benzene rings is 1. The van der Waals surface area contributed by atoms with Crippen LogP contribution >= 0.6 is 0 Å². The number of nitrogens with zero attached hydrogens (tertiary/aromatic N) is 2. The molecule has 0 aliphatic heterocycles. The monoisotopic (exact) mass is 369 g/mol. The standard InChI is InChI=1S/C22H31N3O2/c1-4-25-21(14-18(24-25)10-15(2)3)22(27)23-20(17-12-19(26)13-17)11-16-8-6-5-7-9-16/h5-9,14-15,17,19-20,26H,4,10-13H2,1-3H3,(H,23,27)/t17?,19?,20-/m1/s1. The van der Waals surface area contributed by atoms with Gasteiger partial charge in [0.15, 0.2) is 0 Å². The molecule has 5 heteroatoms. The van der Waals surface area contributed by atoms with Crippen LogP contribution in [0.4, 0.5) is 0 Å². The molecule has 1 saturated carbocycles. The van der Waals surface area contributed by atoms with Crippen molar-refractivity contribution in [2.75, 3.05) is 0 Å². The van der Waals surface area contributed by atoms with Crippen molar-refractivity contribution in [3.05, 3.63) is 53.3 Å². The lowest BCUT2D eigenvalue weighted by molar-refractivity contribution is 0.0238. The predicted molar refractivity (Wildman–Crippen MR) is 107 cm³/mol. The van der Waals surface area contributed by atoms with Crippen molar-refractivity contribution in [3.63, 3.8) is 0 Å². The number of nitrogens with one attached hydrogen (secondary N) is 1. The van der Waals surface area contributed by atoms with Gasteiger partial charge in [0, 0.05) is 12.6 Å². The summed E-state index contributed by atoms with van der Waals surface area (Å²) in [5, 5.41) is 17.5. The molecule has 1 atom stereocenters. The average Bonchev–Trinajstić information content (AvgIpc) is 3.01. The molecule has 1 aromatic heterocycles. The maximum Gasteiger partial charge on any atom is 0.269 e. The number of hydrogen-bond acceptors (Lipinski definition) is 3. The zero-order valence-corrected chi connectivity index (χ0v) is 16.6. The molecule has 0 saturated heterocycles. The van der Waals surface area contributed by atoms with Crippen LogP contribution in [0.25, 0.3) is 0 Å². The Morgan fingerprint density at radius 2 is 1.96 bits per heavy atom. The largest absolute Gasteiger partial charge is 0.393 e. The first kappa shape index (κ1) is 19.6. The summed E-state index contributed by atoms with van der Waals surface area (Å²) in [5.41, 5.74) is 2.80. The Kier molecular flexibility index (Phi) is 6.32. The van der Waals surface area contributed by atoms with Crippen molar-refractivity contribution >= 4 is 5.91 Å². The van der Waals surface area contributed by atoms with E-state index in [1.54, 1.807) is 4.68 Å². The first-order valence-corrected chi connectivity index (χ1v) is 10.1. The summed E-state index contributed by atoms with van der Waals surface area (Å²) in [6.45, 7) is 6.99. The average molecular weight is 370 g/mol. The van der Waals surface area contributed by atoms with Gasteiger partial charge < -0.3 is 10.4 Å². The highest BCUT2D eigenvalue weighted by atomic mass is 16.3. The molecule has 0 bridgehead atoms. The molecule has 0 unspecified atom stereocenters. The second-order valence-corrected chi connectivity index (χ2v) is 8.09. The Bertz CT molecular complexity index is 748. The number of rotatable bonds is 8. The smallest absolute Gasteiger partial charge is 0.269 e. The lowest BCUT2D eigenvalue weighted by Gasteiger charge is -2.38. The van der Waals surface area contributed by atoms with Crippen molar-refractivity contribution in [3.8, 4) is 0 Å². The first-order valence-electron chi connectivity index (χ1n) is 10.1. The molecule has 3 rings (SSSR count). The molecule has 1 aliphatic rings. The molecule has 2 N–H and O–H groups in total. The highest BCUT2D eigenvalue weighted by Crippen LogP contribution is 2.32. The third kappa shape index (κ3) is 4.98. The summed E-state index contributed by atoms with van der Waals surface area (Å²) in [4.78, 5) is 13.0. The molecule has 146 valence electrons. The van der Waals surface area contributed by atoms with E-state index in [2.05, 4.69) is 36.4 Å². The topological polar surface area (TPSA) is 67.2 Å². The van der Waals surface area contributed by atoms with Gasteiger partial charge in [0.2, 0.25) is 0 Å². The number of aromatic nitrogens is 2. The fourth-order valence-corrected chi connectivity index (χ4v) is 3.82. The Labute approximate surface area is 161 Å². The van der Waals surface area contributed by atoms with Gasteiger partial charge in [-0.05, 0) is 56.1 Å². The minimum absolute atomic E-state index is 0.0251. The Hall–Kier alpha value is -2.14. The molecule has 1 amide bonds. The van der Waals surface area contributed by atoms with E-state index in [9.17, 15) is 9.90 Å². The summed E-state index contributed by atoms with van der Waals surface area (Å²) in [7, 11) is 0. The number of carbonyl (C=O) groups is 1. The maximum absolute atomic E-state index is 13.0. The zero-order chi connectivity index (χ0) is 19.4. The van der Waals surface area contributed by atoms with Gasteiger partial charge in [0.1, 0.15) is 5.69 Å². The van der Waals surface area contributed by atoms with Gasteiger partial charge in [-0.2, -0.15) is 5.10 Å². The van der Waals surface area contributed by atoms with Gasteiger partial charge in [-0.1, -0.05) is 44.2 Å². The van der Waals surface area contributed by atoms with E-state index in [-0.39, 0.29) is 18.1 Å². The second-order valence-electron chi connectivity index (χ2n) is 8.09. The summed E-state index contributed by atoms with van der Waals surface area (Å²) >= 11 is 0. The second kappa shape index (κ2) is 8.70. The van der Waals surface area contributed by atoms with E-state index < -0.39 is 0 Å². The molecule has 27 heavy (non-hydrogen) atoms. The molecule has 0 radical (unpaired) electrons. The fraction of sp³-hybridized carbons (Fsp3) is 0.545. The molecule has 5 nitrogen and oxygen atoms in total. The summed E-state index contributed by atoms with van der Waals surface area (Å²) < 4.78 is 1.79. The van der Waals surface area contributed by atoms with Crippen LogP contribution in [0.1, 0.15) is 55.4 Å². The van der Waals surface area contributed by atoms with Crippen LogP contribution in [0, 0.1) is 11.8 Å². The number of aliphatic hydroxyl groups excluding tert-OH is 1. The van der Waals surface area contributed by atoms with E-state index in [1.165, 1.54) is 5.56 Å². The highest BCUT2D eigenvalue weighted by Gasteiger charge is 2.35. The fourth-order valence-electron chi connectivity index (χ4n) is 3.82. The van der Waals surface area contributed by atoms with E-state index in [4.69, 9.17) is 0 Å². The minimum atomic E-state index is -0.232. The Morgan fingerprint density at radius 1 is 1.26 bits per heavy atom. The molecular weight excluding hydrogens is 338 g/mol. The molecular formula is C22H31N3O2. The van der Waals surface area contributed by atoms with Crippen LogP contribution in [0.3, 0.4) is 0 Å². The van der Waals surface area contributed by atoms with Gasteiger partial charge >= 0.3 is 0 Å². The van der Waals surface area contributed by atoms with Gasteiger partial charge in [0.05, 0.1) is 11.8 Å². The van der Waals surface area contributed by atoms with Crippen molar-refractivity contribution in [2.24, 2.45) is 11.8 Å². The number of amides is 1. The van der Waals surface area contributed by atoms with Crippen LogP contribution in [0.2, 0.25) is 0 Å². The maximum atomic E-state index is 13.0. The van der Waals surface area contributed by atoms with Crippen molar-refractivity contribution < 1.29 is 9.90 Å². The minimum Gasteiger partial charge on any atom is -0.393 e. The van der Waals surface area contributed by atoms with E-state index in [1.807, 2.05) is 31.2 Å². The normalized spacial score (nSPS) is 20.3. The Balaban J connectivity index is 1.74. The lowest BCUT2D eigenvalue weighted by atomic mass is 9.75. The van der Waals surface area contributed by atoms with Crippen molar-refractivity contribution in [1.82, 2.24) is 15.1 Å². The van der Waals surface area contributed by atoms with Crippen LogP contribution in [-0.2, 0) is 19.4 Å². The van der Waals surface area contributed by atoms with E-state index >= 15 is 0 Å². The van der Waals surface area contributed by atoms with Crippen LogP contribution in [0.5, 0.6) is 0 Å². The lowest BCUT2D eigenvalue weighted by Crippen LogP contribution is -2.48. The Morgan fingerprint density at radius 3 is 2.56 bits per heavy atom. The molecule has 1 aliphatic carbocycles. The quantitative estimate of drug-likeness (QED) is 0.751. The third-order valence-corrected chi connectivity index (χ3v) is 5.31. The van der Waals surface area contributed by atoms with Crippen LogP contribution in [-0.4, -0.2) is 32.9 Å². The molecule has 1 aromatic carbocycles. The highest BCUT2D eigenvalue weighted by molar-refractivity contribution is 5.93. The molecule has 2 aromatic rings.